The van der Waals surface area contributed by atoms with Crippen LogP contribution < -0.4 is 5.32 Å². The Kier molecular flexibility index (Phi) is 4.63. The van der Waals surface area contributed by atoms with E-state index < -0.39 is 0 Å². The molecule has 0 radical (unpaired) electrons. The van der Waals surface area contributed by atoms with Crippen LogP contribution >= 0.6 is 11.8 Å². The molecule has 2 aromatic rings. The average Bonchev–Trinajstić information content (AvgIpc) is 2.80. The maximum Gasteiger partial charge on any atom is 0.261 e. The van der Waals surface area contributed by atoms with E-state index in [0.717, 1.165) is 20.9 Å². The zero-order valence-electron chi connectivity index (χ0n) is 14.3. The highest BCUT2D eigenvalue weighted by molar-refractivity contribution is 8.00. The molecule has 1 N–H and O–H groups in total. The van der Waals surface area contributed by atoms with Gasteiger partial charge in [-0.25, -0.2) is 0 Å². The molecule has 2 aromatic carbocycles. The van der Waals surface area contributed by atoms with E-state index in [1.54, 1.807) is 18.2 Å². The minimum absolute atomic E-state index is 0.156. The molecule has 1 heterocycles. The van der Waals surface area contributed by atoms with Crippen LogP contribution in [-0.2, 0) is 4.79 Å². The maximum atomic E-state index is 12.2. The summed E-state index contributed by atoms with van der Waals surface area (Å²) in [4.78, 5) is 38.2. The number of nitrogens with one attached hydrogen (secondary N) is 1. The summed E-state index contributed by atoms with van der Waals surface area (Å²) in [7, 11) is 1.45. The van der Waals surface area contributed by atoms with Crippen LogP contribution in [0.3, 0.4) is 0 Å². The molecular weight excluding hydrogens is 336 g/mol. The Morgan fingerprint density at radius 3 is 2.52 bits per heavy atom. The monoisotopic (exact) mass is 354 g/mol. The highest BCUT2D eigenvalue weighted by Gasteiger charge is 2.32. The van der Waals surface area contributed by atoms with Crippen molar-refractivity contribution in [2.24, 2.45) is 0 Å². The lowest BCUT2D eigenvalue weighted by molar-refractivity contribution is -0.113. The number of thioether (sulfide) groups is 1. The third kappa shape index (κ3) is 3.44. The van der Waals surface area contributed by atoms with Crippen molar-refractivity contribution < 1.29 is 14.4 Å². The zero-order chi connectivity index (χ0) is 18.1. The fourth-order valence-electron chi connectivity index (χ4n) is 2.64. The van der Waals surface area contributed by atoms with Gasteiger partial charge in [-0.3, -0.25) is 19.3 Å². The van der Waals surface area contributed by atoms with Crippen molar-refractivity contribution in [2.45, 2.75) is 18.7 Å². The molecule has 3 amide bonds. The van der Waals surface area contributed by atoms with E-state index in [-0.39, 0.29) is 23.5 Å². The Morgan fingerprint density at radius 2 is 1.76 bits per heavy atom. The van der Waals surface area contributed by atoms with Gasteiger partial charge in [0.05, 0.1) is 16.9 Å². The second-order valence-corrected chi connectivity index (χ2v) is 7.05. The van der Waals surface area contributed by atoms with Crippen molar-refractivity contribution in [1.29, 1.82) is 0 Å². The van der Waals surface area contributed by atoms with Crippen molar-refractivity contribution in [1.82, 2.24) is 4.90 Å². The first-order valence-corrected chi connectivity index (χ1v) is 8.81. The minimum Gasteiger partial charge on any atom is -0.325 e. The van der Waals surface area contributed by atoms with Gasteiger partial charge in [0.15, 0.2) is 0 Å². The Morgan fingerprint density at radius 1 is 1.04 bits per heavy atom. The molecule has 0 bridgehead atoms. The molecule has 0 saturated heterocycles. The highest BCUT2D eigenvalue weighted by atomic mass is 32.2. The van der Waals surface area contributed by atoms with Crippen LogP contribution in [0.5, 0.6) is 0 Å². The predicted octanol–water partition coefficient (Wildman–Crippen LogP) is 3.26. The highest BCUT2D eigenvalue weighted by Crippen LogP contribution is 2.26. The van der Waals surface area contributed by atoms with E-state index in [1.165, 1.54) is 18.8 Å². The lowest BCUT2D eigenvalue weighted by Gasteiger charge is -2.08. The smallest absolute Gasteiger partial charge is 0.261 e. The topological polar surface area (TPSA) is 66.5 Å². The molecule has 0 aliphatic carbocycles. The van der Waals surface area contributed by atoms with E-state index in [4.69, 9.17) is 0 Å². The summed E-state index contributed by atoms with van der Waals surface area (Å²) in [5.74, 6) is -0.547. The van der Waals surface area contributed by atoms with Gasteiger partial charge in [-0.2, -0.15) is 0 Å². The number of rotatable bonds is 4. The molecule has 3 rings (SSSR count). The molecule has 0 spiro atoms. The summed E-state index contributed by atoms with van der Waals surface area (Å²) in [6, 6.07) is 10.9. The van der Waals surface area contributed by atoms with E-state index in [0.29, 0.717) is 16.8 Å². The van der Waals surface area contributed by atoms with Crippen LogP contribution in [0.1, 0.15) is 31.8 Å². The number of amides is 3. The van der Waals surface area contributed by atoms with Crippen LogP contribution in [0.4, 0.5) is 5.69 Å². The van der Waals surface area contributed by atoms with E-state index in [2.05, 4.69) is 11.4 Å². The Bertz CT molecular complexity index is 892. The normalized spacial score (nSPS) is 13.2. The van der Waals surface area contributed by atoms with Crippen molar-refractivity contribution in [2.75, 3.05) is 18.1 Å². The van der Waals surface area contributed by atoms with Crippen molar-refractivity contribution in [3.8, 4) is 0 Å². The van der Waals surface area contributed by atoms with Gasteiger partial charge in [-0.1, -0.05) is 17.7 Å². The van der Waals surface area contributed by atoms with Gasteiger partial charge in [0.2, 0.25) is 5.91 Å². The fraction of sp³-hybridized carbons (Fsp3) is 0.211. The standard InChI is InChI=1S/C19H18N2O3S/c1-11-4-5-12(2)16(8-11)25-10-17(22)20-13-6-7-14-15(9-13)19(24)21(3)18(14)23/h4-9H,10H2,1-3H3,(H,20,22). The first-order chi connectivity index (χ1) is 11.9. The molecule has 1 aliphatic heterocycles. The lowest BCUT2D eigenvalue weighted by Crippen LogP contribution is -2.24. The van der Waals surface area contributed by atoms with Crippen LogP contribution in [0.15, 0.2) is 41.3 Å². The number of aryl methyl sites for hydroxylation is 2. The van der Waals surface area contributed by atoms with Gasteiger partial charge in [-0.05, 0) is 43.7 Å². The number of carbonyl (C=O) groups is 3. The first-order valence-electron chi connectivity index (χ1n) is 7.83. The van der Waals surface area contributed by atoms with E-state index in [9.17, 15) is 14.4 Å². The molecule has 0 fully saturated rings. The van der Waals surface area contributed by atoms with E-state index >= 15 is 0 Å². The maximum absolute atomic E-state index is 12.2. The molecule has 1 aliphatic rings. The molecule has 0 aromatic heterocycles. The minimum atomic E-state index is -0.346. The summed E-state index contributed by atoms with van der Waals surface area (Å²) in [6.07, 6.45) is 0. The Labute approximate surface area is 150 Å². The number of benzene rings is 2. The molecule has 128 valence electrons. The van der Waals surface area contributed by atoms with Crippen LogP contribution in [0.2, 0.25) is 0 Å². The molecule has 6 heteroatoms. The summed E-state index contributed by atoms with van der Waals surface area (Å²) in [6.45, 7) is 4.03. The Balaban J connectivity index is 1.67. The quantitative estimate of drug-likeness (QED) is 0.676. The number of carbonyl (C=O) groups excluding carboxylic acids is 3. The molecule has 0 saturated carbocycles. The van der Waals surface area contributed by atoms with Crippen molar-refractivity contribution >= 4 is 35.2 Å². The van der Waals surface area contributed by atoms with Crippen molar-refractivity contribution in [3.63, 3.8) is 0 Å². The second kappa shape index (κ2) is 6.72. The van der Waals surface area contributed by atoms with Gasteiger partial charge in [-0.15, -0.1) is 11.8 Å². The van der Waals surface area contributed by atoms with Crippen molar-refractivity contribution in [3.05, 3.63) is 58.7 Å². The average molecular weight is 354 g/mol. The summed E-state index contributed by atoms with van der Waals surface area (Å²) in [5, 5.41) is 2.78. The van der Waals surface area contributed by atoms with Gasteiger partial charge >= 0.3 is 0 Å². The zero-order valence-corrected chi connectivity index (χ0v) is 15.1. The lowest BCUT2D eigenvalue weighted by atomic mass is 10.1. The van der Waals surface area contributed by atoms with Gasteiger partial charge in [0.25, 0.3) is 11.8 Å². The summed E-state index contributed by atoms with van der Waals surface area (Å²) >= 11 is 1.47. The first kappa shape index (κ1) is 17.2. The molecule has 0 unspecified atom stereocenters. The van der Waals surface area contributed by atoms with Gasteiger partial charge in [0.1, 0.15) is 0 Å². The van der Waals surface area contributed by atoms with Gasteiger partial charge in [0, 0.05) is 17.6 Å². The van der Waals surface area contributed by atoms with Crippen LogP contribution in [0, 0.1) is 13.8 Å². The number of imide groups is 1. The largest absolute Gasteiger partial charge is 0.325 e. The number of hydrogen-bond acceptors (Lipinski definition) is 4. The van der Waals surface area contributed by atoms with Gasteiger partial charge < -0.3 is 5.32 Å². The molecule has 5 nitrogen and oxygen atoms in total. The molecule has 25 heavy (non-hydrogen) atoms. The van der Waals surface area contributed by atoms with E-state index in [1.807, 2.05) is 26.0 Å². The third-order valence-corrected chi connectivity index (χ3v) is 5.23. The summed E-state index contributed by atoms with van der Waals surface area (Å²) < 4.78 is 0. The number of anilines is 1. The Hall–Kier alpha value is -2.60. The number of fused-ring (bicyclic) bond motifs is 1. The molecule has 0 atom stereocenters. The second-order valence-electron chi connectivity index (χ2n) is 6.04. The van der Waals surface area contributed by atoms with Crippen LogP contribution in [-0.4, -0.2) is 35.4 Å². The third-order valence-electron chi connectivity index (χ3n) is 4.08. The SMILES string of the molecule is Cc1ccc(C)c(SCC(=O)Nc2ccc3c(c2)C(=O)N(C)C3=O)c1. The number of nitrogens with zero attached hydrogens (tertiary/aromatic N) is 1. The predicted molar refractivity (Wildman–Crippen MR) is 98.1 cm³/mol. The fourth-order valence-corrected chi connectivity index (χ4v) is 3.57. The molecular formula is C19H18N2O3S. The summed E-state index contributed by atoms with van der Waals surface area (Å²) in [5.41, 5.74) is 3.50. The van der Waals surface area contributed by atoms with Crippen LogP contribution in [0.25, 0.3) is 0 Å². The number of hydrogen-bond donors (Lipinski definition) is 1.